The number of ether oxygens (including phenoxy) is 2. The minimum Gasteiger partial charge on any atom is -0.493 e. The number of fused-ring (bicyclic) bond motifs is 1. The zero-order valence-corrected chi connectivity index (χ0v) is 17.8. The summed E-state index contributed by atoms with van der Waals surface area (Å²) in [6.45, 7) is 2.68. The first-order chi connectivity index (χ1) is 13.5. The van der Waals surface area contributed by atoms with Gasteiger partial charge in [-0.25, -0.2) is 0 Å². The lowest BCUT2D eigenvalue weighted by atomic mass is 10.0. The van der Waals surface area contributed by atoms with Gasteiger partial charge in [0, 0.05) is 28.7 Å². The zero-order valence-electron chi connectivity index (χ0n) is 16.2. The first-order valence-corrected chi connectivity index (χ1v) is 10.2. The van der Waals surface area contributed by atoms with Crippen LogP contribution in [0.15, 0.2) is 40.9 Å². The molecule has 0 N–H and O–H groups in total. The number of hydrogen-bond donors (Lipinski definition) is 0. The molecule has 2 aromatic carbocycles. The number of nitrogens with zero attached hydrogens (tertiary/aromatic N) is 1. The molecule has 148 valence electrons. The molecule has 0 atom stereocenters. The summed E-state index contributed by atoms with van der Waals surface area (Å²) in [4.78, 5) is 26.1. The van der Waals surface area contributed by atoms with Gasteiger partial charge < -0.3 is 14.4 Å². The summed E-state index contributed by atoms with van der Waals surface area (Å²) < 4.78 is 12.1. The summed E-state index contributed by atoms with van der Waals surface area (Å²) in [6, 6.07) is 11.2. The molecule has 0 saturated heterocycles. The van der Waals surface area contributed by atoms with E-state index in [0.29, 0.717) is 36.5 Å². The average Bonchev–Trinajstić information content (AvgIpc) is 2.70. The molecule has 3 rings (SSSR count). The van der Waals surface area contributed by atoms with Crippen molar-refractivity contribution in [2.45, 2.75) is 32.6 Å². The predicted molar refractivity (Wildman–Crippen MR) is 113 cm³/mol. The van der Waals surface area contributed by atoms with Crippen molar-refractivity contribution in [3.05, 3.63) is 52.0 Å². The quantitative estimate of drug-likeness (QED) is 0.453. The molecule has 0 aliphatic carbocycles. The van der Waals surface area contributed by atoms with E-state index in [1.807, 2.05) is 17.0 Å². The lowest BCUT2D eigenvalue weighted by molar-refractivity contribution is -0.118. The van der Waals surface area contributed by atoms with Gasteiger partial charge in [-0.1, -0.05) is 15.9 Å². The molecule has 0 aromatic heterocycles. The van der Waals surface area contributed by atoms with Crippen LogP contribution in [-0.2, 0) is 11.2 Å². The van der Waals surface area contributed by atoms with Crippen molar-refractivity contribution in [3.63, 3.8) is 0 Å². The molecule has 1 aliphatic heterocycles. The van der Waals surface area contributed by atoms with Gasteiger partial charge in [-0.2, -0.15) is 0 Å². The van der Waals surface area contributed by atoms with E-state index >= 15 is 0 Å². The van der Waals surface area contributed by atoms with Crippen molar-refractivity contribution >= 4 is 33.3 Å². The monoisotopic (exact) mass is 445 g/mol. The number of Topliss-reactive ketones (excluding diaryl/α,β-unsaturated/α-hetero) is 1. The topological polar surface area (TPSA) is 55.8 Å². The Morgan fingerprint density at radius 3 is 2.71 bits per heavy atom. The Balaban J connectivity index is 1.55. The molecule has 28 heavy (non-hydrogen) atoms. The van der Waals surface area contributed by atoms with Crippen molar-refractivity contribution in [2.24, 2.45) is 0 Å². The van der Waals surface area contributed by atoms with Crippen molar-refractivity contribution < 1.29 is 19.1 Å². The van der Waals surface area contributed by atoms with E-state index in [1.54, 1.807) is 25.3 Å². The molecule has 1 amide bonds. The number of benzene rings is 2. The van der Waals surface area contributed by atoms with Crippen LogP contribution < -0.4 is 14.4 Å². The second kappa shape index (κ2) is 9.24. The predicted octanol–water partition coefficient (Wildman–Crippen LogP) is 4.80. The molecule has 5 nitrogen and oxygen atoms in total. The van der Waals surface area contributed by atoms with Crippen LogP contribution in [0.4, 0.5) is 5.69 Å². The van der Waals surface area contributed by atoms with Gasteiger partial charge in [0.2, 0.25) is 5.91 Å². The minimum atomic E-state index is -0.0238. The van der Waals surface area contributed by atoms with Crippen molar-refractivity contribution in [2.75, 3.05) is 25.2 Å². The molecule has 0 bridgehead atoms. The van der Waals surface area contributed by atoms with Crippen molar-refractivity contribution in [3.8, 4) is 11.5 Å². The van der Waals surface area contributed by atoms with Crippen LogP contribution in [0.3, 0.4) is 0 Å². The Morgan fingerprint density at radius 2 is 1.96 bits per heavy atom. The van der Waals surface area contributed by atoms with Crippen LogP contribution in [0.2, 0.25) is 0 Å². The number of halogens is 1. The highest BCUT2D eigenvalue weighted by atomic mass is 79.9. The third kappa shape index (κ3) is 4.73. The maximum atomic E-state index is 12.7. The second-order valence-corrected chi connectivity index (χ2v) is 7.71. The minimum absolute atomic E-state index is 0.0238. The van der Waals surface area contributed by atoms with E-state index < -0.39 is 0 Å². The standard InChI is InChI=1S/C22H24BrNO4/c1-15(25)16-7-10-20(21(14-16)27-2)28-12-4-6-22(26)24-11-3-5-17-13-18(23)8-9-19(17)24/h7-10,13-14H,3-6,11-12H2,1-2H3. The number of methoxy groups -OCH3 is 1. The first kappa shape index (κ1) is 20.4. The molecule has 0 fully saturated rings. The van der Waals surface area contributed by atoms with Crippen molar-refractivity contribution in [1.82, 2.24) is 0 Å². The number of anilines is 1. The molecule has 1 heterocycles. The highest BCUT2D eigenvalue weighted by molar-refractivity contribution is 9.10. The SMILES string of the molecule is COc1cc(C(C)=O)ccc1OCCCC(=O)N1CCCc2cc(Br)ccc21. The van der Waals surface area contributed by atoms with Crippen molar-refractivity contribution in [1.29, 1.82) is 0 Å². The summed E-state index contributed by atoms with van der Waals surface area (Å²) in [7, 11) is 1.54. The Morgan fingerprint density at radius 1 is 1.14 bits per heavy atom. The molecule has 2 aromatic rings. The van der Waals surface area contributed by atoms with E-state index in [4.69, 9.17) is 9.47 Å². The van der Waals surface area contributed by atoms with Crippen LogP contribution in [0, 0.1) is 0 Å². The van der Waals surface area contributed by atoms with E-state index in [0.717, 1.165) is 29.5 Å². The Bertz CT molecular complexity index is 881. The summed E-state index contributed by atoms with van der Waals surface area (Å²) >= 11 is 3.50. The fourth-order valence-electron chi connectivity index (χ4n) is 3.37. The number of aryl methyl sites for hydroxylation is 1. The van der Waals surface area contributed by atoms with Gasteiger partial charge in [0.05, 0.1) is 13.7 Å². The molecule has 0 spiro atoms. The number of hydrogen-bond acceptors (Lipinski definition) is 4. The third-order valence-corrected chi connectivity index (χ3v) is 5.32. The van der Waals surface area contributed by atoms with E-state index in [2.05, 4.69) is 22.0 Å². The van der Waals surface area contributed by atoms with Crippen LogP contribution in [0.1, 0.15) is 42.1 Å². The summed E-state index contributed by atoms with van der Waals surface area (Å²) in [6.07, 6.45) is 3.01. The number of amides is 1. The highest BCUT2D eigenvalue weighted by Gasteiger charge is 2.22. The Kier molecular flexibility index (Phi) is 6.73. The maximum Gasteiger partial charge on any atom is 0.227 e. The maximum absolute atomic E-state index is 12.7. The smallest absolute Gasteiger partial charge is 0.227 e. The summed E-state index contributed by atoms with van der Waals surface area (Å²) in [5, 5.41) is 0. The number of rotatable bonds is 7. The van der Waals surface area contributed by atoms with Gasteiger partial charge in [0.25, 0.3) is 0 Å². The summed E-state index contributed by atoms with van der Waals surface area (Å²) in [5.41, 5.74) is 2.80. The van der Waals surface area contributed by atoms with E-state index in [9.17, 15) is 9.59 Å². The fourth-order valence-corrected chi connectivity index (χ4v) is 3.78. The normalized spacial score (nSPS) is 13.0. The Labute approximate surface area is 173 Å². The number of carbonyl (C=O) groups excluding carboxylic acids is 2. The highest BCUT2D eigenvalue weighted by Crippen LogP contribution is 2.31. The third-order valence-electron chi connectivity index (χ3n) is 4.82. The van der Waals surface area contributed by atoms with Gasteiger partial charge in [0.1, 0.15) is 0 Å². The van der Waals surface area contributed by atoms with E-state index in [-0.39, 0.29) is 11.7 Å². The van der Waals surface area contributed by atoms with Gasteiger partial charge in [-0.05, 0) is 68.1 Å². The van der Waals surface area contributed by atoms with Crippen LogP contribution in [0.25, 0.3) is 0 Å². The Hall–Kier alpha value is -2.34. The lowest BCUT2D eigenvalue weighted by Crippen LogP contribution is -2.35. The molecular formula is C22H24BrNO4. The van der Waals surface area contributed by atoms with Gasteiger partial charge in [0.15, 0.2) is 17.3 Å². The molecule has 1 aliphatic rings. The molecule has 0 radical (unpaired) electrons. The molecule has 6 heteroatoms. The lowest BCUT2D eigenvalue weighted by Gasteiger charge is -2.29. The van der Waals surface area contributed by atoms with Gasteiger partial charge in [-0.3, -0.25) is 9.59 Å². The van der Waals surface area contributed by atoms with Gasteiger partial charge in [-0.15, -0.1) is 0 Å². The zero-order chi connectivity index (χ0) is 20.1. The van der Waals surface area contributed by atoms with Crippen LogP contribution in [0.5, 0.6) is 11.5 Å². The number of carbonyl (C=O) groups is 2. The fraction of sp³-hybridized carbons (Fsp3) is 0.364. The molecule has 0 saturated carbocycles. The molecule has 0 unspecified atom stereocenters. The van der Waals surface area contributed by atoms with E-state index in [1.165, 1.54) is 12.5 Å². The molecular weight excluding hydrogens is 422 g/mol. The van der Waals surface area contributed by atoms with Crippen LogP contribution in [-0.4, -0.2) is 32.0 Å². The second-order valence-electron chi connectivity index (χ2n) is 6.80. The average molecular weight is 446 g/mol. The largest absolute Gasteiger partial charge is 0.493 e. The first-order valence-electron chi connectivity index (χ1n) is 9.40. The van der Waals surface area contributed by atoms with Crippen LogP contribution >= 0.6 is 15.9 Å². The summed E-state index contributed by atoms with van der Waals surface area (Å²) in [5.74, 6) is 1.19. The number of ketones is 1. The van der Waals surface area contributed by atoms with Gasteiger partial charge >= 0.3 is 0 Å².